The molecular formula is C19H25NO. The number of fused-ring (bicyclic) bond motifs is 1. The van der Waals surface area contributed by atoms with Gasteiger partial charge in [-0.25, -0.2) is 0 Å². The van der Waals surface area contributed by atoms with Gasteiger partial charge in [-0.2, -0.15) is 5.26 Å². The summed E-state index contributed by atoms with van der Waals surface area (Å²) in [5.74, 6) is 1.23. The predicted molar refractivity (Wildman–Crippen MR) is 84.1 cm³/mol. The normalized spacial score (nSPS) is 32.2. The third-order valence-electron chi connectivity index (χ3n) is 5.55. The van der Waals surface area contributed by atoms with E-state index < -0.39 is 0 Å². The standard InChI is InChI=1S/C19H25NO/c1-2-21-19-13-4-3-6-17(19)7-5-8-18(19)16-11-9-15(14-20)10-12-16/h9-12,17-18H,2-8,13H2,1H3/t17-,18?,19-/m1/s1. The molecule has 2 heteroatoms. The molecule has 2 nitrogen and oxygen atoms in total. The monoisotopic (exact) mass is 283 g/mol. The largest absolute Gasteiger partial charge is 0.374 e. The number of benzene rings is 1. The fraction of sp³-hybridized carbons (Fsp3) is 0.632. The van der Waals surface area contributed by atoms with Gasteiger partial charge in [0.1, 0.15) is 0 Å². The first-order chi connectivity index (χ1) is 10.3. The molecule has 2 aliphatic rings. The molecule has 0 aromatic heterocycles. The number of hydrogen-bond acceptors (Lipinski definition) is 2. The molecule has 21 heavy (non-hydrogen) atoms. The van der Waals surface area contributed by atoms with Gasteiger partial charge in [-0.3, -0.25) is 0 Å². The quantitative estimate of drug-likeness (QED) is 0.799. The zero-order valence-electron chi connectivity index (χ0n) is 13.0. The molecule has 1 aromatic rings. The lowest BCUT2D eigenvalue weighted by atomic mass is 9.60. The Morgan fingerprint density at radius 3 is 2.62 bits per heavy atom. The minimum Gasteiger partial charge on any atom is -0.374 e. The summed E-state index contributed by atoms with van der Waals surface area (Å²) in [6.45, 7) is 2.94. The van der Waals surface area contributed by atoms with Crippen LogP contribution in [0.2, 0.25) is 0 Å². The summed E-state index contributed by atoms with van der Waals surface area (Å²) in [4.78, 5) is 0. The number of nitrogens with zero attached hydrogens (tertiary/aromatic N) is 1. The average molecular weight is 283 g/mol. The molecule has 0 bridgehead atoms. The van der Waals surface area contributed by atoms with Gasteiger partial charge >= 0.3 is 0 Å². The van der Waals surface area contributed by atoms with Gasteiger partial charge in [-0.15, -0.1) is 0 Å². The van der Waals surface area contributed by atoms with Crippen molar-refractivity contribution in [3.8, 4) is 6.07 Å². The SMILES string of the molecule is CCO[C@]12CCCC[C@@H]1CCCC2c1ccc(C#N)cc1. The molecule has 0 radical (unpaired) electrons. The van der Waals surface area contributed by atoms with Gasteiger partial charge in [0, 0.05) is 12.5 Å². The van der Waals surface area contributed by atoms with E-state index in [0.717, 1.165) is 18.1 Å². The minimum atomic E-state index is 0.0550. The Balaban J connectivity index is 1.95. The zero-order valence-corrected chi connectivity index (χ0v) is 13.0. The van der Waals surface area contributed by atoms with E-state index in [9.17, 15) is 0 Å². The zero-order chi connectivity index (χ0) is 14.7. The molecule has 0 amide bonds. The van der Waals surface area contributed by atoms with Gasteiger partial charge in [0.25, 0.3) is 0 Å². The van der Waals surface area contributed by atoms with Gasteiger partial charge in [-0.05, 0) is 56.2 Å². The van der Waals surface area contributed by atoms with Crippen LogP contribution in [0, 0.1) is 17.2 Å². The van der Waals surface area contributed by atoms with Gasteiger partial charge < -0.3 is 4.74 Å². The molecule has 3 atom stereocenters. The van der Waals surface area contributed by atoms with Crippen LogP contribution in [0.1, 0.15) is 68.9 Å². The van der Waals surface area contributed by atoms with Crippen molar-refractivity contribution in [1.82, 2.24) is 0 Å². The lowest BCUT2D eigenvalue weighted by Gasteiger charge is -2.52. The van der Waals surface area contributed by atoms with Crippen LogP contribution in [0.3, 0.4) is 0 Å². The van der Waals surface area contributed by atoms with Crippen LogP contribution >= 0.6 is 0 Å². The summed E-state index contributed by atoms with van der Waals surface area (Å²) in [6, 6.07) is 10.4. The molecule has 2 aliphatic carbocycles. The first-order valence-electron chi connectivity index (χ1n) is 8.44. The van der Waals surface area contributed by atoms with Crippen molar-refractivity contribution in [2.75, 3.05) is 6.61 Å². The summed E-state index contributed by atoms with van der Waals surface area (Å²) < 4.78 is 6.43. The highest BCUT2D eigenvalue weighted by molar-refractivity contribution is 5.34. The Labute approximate surface area is 128 Å². The molecule has 1 aromatic carbocycles. The van der Waals surface area contributed by atoms with Crippen molar-refractivity contribution in [3.63, 3.8) is 0 Å². The third kappa shape index (κ3) is 2.60. The first-order valence-corrected chi connectivity index (χ1v) is 8.44. The Kier molecular flexibility index (Phi) is 4.31. The number of rotatable bonds is 3. The summed E-state index contributed by atoms with van der Waals surface area (Å²) in [6.07, 6.45) is 9.05. The third-order valence-corrected chi connectivity index (χ3v) is 5.55. The fourth-order valence-corrected chi connectivity index (χ4v) is 4.70. The average Bonchev–Trinajstić information content (AvgIpc) is 2.54. The summed E-state index contributed by atoms with van der Waals surface area (Å²) >= 11 is 0. The van der Waals surface area contributed by atoms with E-state index in [1.54, 1.807) is 0 Å². The molecule has 0 saturated heterocycles. The van der Waals surface area contributed by atoms with Gasteiger partial charge in [0.05, 0.1) is 17.2 Å². The molecule has 0 aliphatic heterocycles. The van der Waals surface area contributed by atoms with Crippen molar-refractivity contribution >= 4 is 0 Å². The Bertz CT molecular complexity index is 509. The second kappa shape index (κ2) is 6.20. The van der Waals surface area contributed by atoms with E-state index in [-0.39, 0.29) is 5.60 Å². The highest BCUT2D eigenvalue weighted by Crippen LogP contribution is 2.53. The number of nitriles is 1. The lowest BCUT2D eigenvalue weighted by molar-refractivity contribution is -0.139. The van der Waals surface area contributed by atoms with E-state index in [2.05, 4.69) is 25.1 Å². The van der Waals surface area contributed by atoms with Gasteiger partial charge in [0.2, 0.25) is 0 Å². The molecule has 112 valence electrons. The van der Waals surface area contributed by atoms with Crippen molar-refractivity contribution in [2.24, 2.45) is 5.92 Å². The second-order valence-corrected chi connectivity index (χ2v) is 6.55. The van der Waals surface area contributed by atoms with Crippen molar-refractivity contribution in [1.29, 1.82) is 5.26 Å². The molecule has 0 spiro atoms. The summed E-state index contributed by atoms with van der Waals surface area (Å²) in [5.41, 5.74) is 2.17. The highest BCUT2D eigenvalue weighted by Gasteiger charge is 2.49. The molecule has 3 rings (SSSR count). The topological polar surface area (TPSA) is 33.0 Å². The molecule has 2 fully saturated rings. The van der Waals surface area contributed by atoms with Crippen molar-refractivity contribution in [3.05, 3.63) is 35.4 Å². The maximum Gasteiger partial charge on any atom is 0.0991 e. The fourth-order valence-electron chi connectivity index (χ4n) is 4.70. The van der Waals surface area contributed by atoms with E-state index in [4.69, 9.17) is 10.00 Å². The lowest BCUT2D eigenvalue weighted by Crippen LogP contribution is -2.50. The van der Waals surface area contributed by atoms with Crippen molar-refractivity contribution in [2.45, 2.75) is 63.4 Å². The van der Waals surface area contributed by atoms with E-state index in [1.807, 2.05) is 12.1 Å². The van der Waals surface area contributed by atoms with Crippen LogP contribution in [-0.2, 0) is 4.74 Å². The number of ether oxygens (including phenoxy) is 1. The maximum absolute atomic E-state index is 8.99. The molecule has 0 heterocycles. The molecule has 2 saturated carbocycles. The summed E-state index contributed by atoms with van der Waals surface area (Å²) in [5, 5.41) is 8.99. The van der Waals surface area contributed by atoms with Crippen LogP contribution in [0.25, 0.3) is 0 Å². The van der Waals surface area contributed by atoms with E-state index in [0.29, 0.717) is 5.92 Å². The van der Waals surface area contributed by atoms with Crippen LogP contribution in [-0.4, -0.2) is 12.2 Å². The van der Waals surface area contributed by atoms with Crippen LogP contribution in [0.4, 0.5) is 0 Å². The second-order valence-electron chi connectivity index (χ2n) is 6.55. The molecule has 1 unspecified atom stereocenters. The Morgan fingerprint density at radius 2 is 1.90 bits per heavy atom. The number of hydrogen-bond donors (Lipinski definition) is 0. The predicted octanol–water partition coefficient (Wildman–Crippen LogP) is 4.79. The van der Waals surface area contributed by atoms with Gasteiger partial charge in [0.15, 0.2) is 0 Å². The highest BCUT2D eigenvalue weighted by atomic mass is 16.5. The minimum absolute atomic E-state index is 0.0550. The van der Waals surface area contributed by atoms with E-state index >= 15 is 0 Å². The van der Waals surface area contributed by atoms with Crippen molar-refractivity contribution < 1.29 is 4.74 Å². The summed E-state index contributed by atoms with van der Waals surface area (Å²) in [7, 11) is 0. The van der Waals surface area contributed by atoms with Crippen LogP contribution < -0.4 is 0 Å². The van der Waals surface area contributed by atoms with Crippen LogP contribution in [0.15, 0.2) is 24.3 Å². The van der Waals surface area contributed by atoms with Crippen LogP contribution in [0.5, 0.6) is 0 Å². The Hall–Kier alpha value is -1.33. The van der Waals surface area contributed by atoms with Gasteiger partial charge in [-0.1, -0.05) is 31.4 Å². The first kappa shape index (κ1) is 14.6. The molecular weight excluding hydrogens is 258 g/mol. The molecule has 0 N–H and O–H groups in total. The van der Waals surface area contributed by atoms with E-state index in [1.165, 1.54) is 50.5 Å². The smallest absolute Gasteiger partial charge is 0.0991 e. The Morgan fingerprint density at radius 1 is 1.14 bits per heavy atom. The maximum atomic E-state index is 8.99.